The molecule has 3 heterocycles. The Morgan fingerprint density at radius 2 is 2.00 bits per heavy atom. The van der Waals surface area contributed by atoms with Crippen LogP contribution in [0.2, 0.25) is 0 Å². The van der Waals surface area contributed by atoms with Gasteiger partial charge in [-0.05, 0) is 49.1 Å². The number of piperidine rings is 1. The number of aryl methyl sites for hydroxylation is 1. The standard InChI is InChI=1S/C19H22N4O2/c24-18(7-6-15-8-11-20-12-9-15)23-13-3-4-16(14-23)19(25)22-17-5-1-2-10-21-17/h1-2,5,8-12,16H,3-4,6-7,13-14H2,(H,21,22,25). The highest BCUT2D eigenvalue weighted by atomic mass is 16.2. The molecule has 1 aliphatic heterocycles. The summed E-state index contributed by atoms with van der Waals surface area (Å²) in [5, 5.41) is 2.83. The van der Waals surface area contributed by atoms with Gasteiger partial charge in [-0.1, -0.05) is 6.07 Å². The van der Waals surface area contributed by atoms with Gasteiger partial charge in [-0.2, -0.15) is 0 Å². The van der Waals surface area contributed by atoms with E-state index in [1.54, 1.807) is 30.7 Å². The topological polar surface area (TPSA) is 75.2 Å². The minimum absolute atomic E-state index is 0.0645. The molecule has 0 radical (unpaired) electrons. The number of anilines is 1. The molecule has 0 bridgehead atoms. The summed E-state index contributed by atoms with van der Waals surface area (Å²) < 4.78 is 0. The number of nitrogens with zero attached hydrogens (tertiary/aromatic N) is 3. The molecule has 2 aromatic heterocycles. The number of hydrogen-bond donors (Lipinski definition) is 1. The smallest absolute Gasteiger partial charge is 0.230 e. The second kappa shape index (κ2) is 8.37. The highest BCUT2D eigenvalue weighted by molar-refractivity contribution is 5.92. The fourth-order valence-electron chi connectivity index (χ4n) is 3.04. The van der Waals surface area contributed by atoms with Crippen LogP contribution in [0.1, 0.15) is 24.8 Å². The van der Waals surface area contributed by atoms with Gasteiger partial charge in [0.05, 0.1) is 5.92 Å². The van der Waals surface area contributed by atoms with E-state index >= 15 is 0 Å². The van der Waals surface area contributed by atoms with Gasteiger partial charge < -0.3 is 10.2 Å². The maximum absolute atomic E-state index is 12.5. The van der Waals surface area contributed by atoms with Gasteiger partial charge in [0.1, 0.15) is 5.82 Å². The lowest BCUT2D eigenvalue weighted by atomic mass is 9.96. The van der Waals surface area contributed by atoms with Gasteiger partial charge in [0.25, 0.3) is 0 Å². The van der Waals surface area contributed by atoms with Crippen molar-refractivity contribution in [3.8, 4) is 0 Å². The van der Waals surface area contributed by atoms with Crippen molar-refractivity contribution in [2.75, 3.05) is 18.4 Å². The van der Waals surface area contributed by atoms with Crippen LogP contribution in [0.5, 0.6) is 0 Å². The van der Waals surface area contributed by atoms with E-state index in [0.717, 1.165) is 24.9 Å². The molecule has 25 heavy (non-hydrogen) atoms. The molecule has 2 amide bonds. The lowest BCUT2D eigenvalue weighted by Crippen LogP contribution is -2.43. The van der Waals surface area contributed by atoms with Gasteiger partial charge >= 0.3 is 0 Å². The number of aromatic nitrogens is 2. The lowest BCUT2D eigenvalue weighted by Gasteiger charge is -2.32. The first-order chi connectivity index (χ1) is 12.2. The predicted molar refractivity (Wildman–Crippen MR) is 94.7 cm³/mol. The van der Waals surface area contributed by atoms with Crippen molar-refractivity contribution in [2.45, 2.75) is 25.7 Å². The fourth-order valence-corrected chi connectivity index (χ4v) is 3.04. The molecule has 6 nitrogen and oxygen atoms in total. The summed E-state index contributed by atoms with van der Waals surface area (Å²) in [4.78, 5) is 34.8. The van der Waals surface area contributed by atoms with Crippen LogP contribution in [-0.4, -0.2) is 39.8 Å². The third kappa shape index (κ3) is 4.86. The molecule has 1 aliphatic rings. The zero-order chi connectivity index (χ0) is 17.5. The Labute approximate surface area is 147 Å². The summed E-state index contributed by atoms with van der Waals surface area (Å²) in [5.74, 6) is 0.409. The van der Waals surface area contributed by atoms with E-state index in [1.165, 1.54) is 0 Å². The largest absolute Gasteiger partial charge is 0.342 e. The van der Waals surface area contributed by atoms with Crippen molar-refractivity contribution >= 4 is 17.6 Å². The summed E-state index contributed by atoms with van der Waals surface area (Å²) >= 11 is 0. The van der Waals surface area contributed by atoms with Gasteiger partial charge in [0.2, 0.25) is 11.8 Å². The number of carbonyl (C=O) groups is 2. The second-order valence-corrected chi connectivity index (χ2v) is 6.24. The number of pyridine rings is 2. The first kappa shape index (κ1) is 17.1. The molecule has 1 fully saturated rings. The minimum atomic E-state index is -0.180. The van der Waals surface area contributed by atoms with Gasteiger partial charge in [-0.25, -0.2) is 4.98 Å². The predicted octanol–water partition coefficient (Wildman–Crippen LogP) is 2.29. The zero-order valence-electron chi connectivity index (χ0n) is 14.1. The first-order valence-corrected chi connectivity index (χ1v) is 8.61. The Morgan fingerprint density at radius 1 is 1.16 bits per heavy atom. The Bertz CT molecular complexity index is 706. The molecule has 2 aromatic rings. The van der Waals surface area contributed by atoms with Crippen molar-refractivity contribution < 1.29 is 9.59 Å². The normalized spacial score (nSPS) is 17.1. The fraction of sp³-hybridized carbons (Fsp3) is 0.368. The molecule has 3 rings (SSSR count). The molecular formula is C19H22N4O2. The highest BCUT2D eigenvalue weighted by Gasteiger charge is 2.28. The third-order valence-electron chi connectivity index (χ3n) is 4.44. The van der Waals surface area contributed by atoms with Gasteiger partial charge in [0, 0.05) is 38.1 Å². The van der Waals surface area contributed by atoms with Crippen molar-refractivity contribution in [2.24, 2.45) is 5.92 Å². The summed E-state index contributed by atoms with van der Waals surface area (Å²) in [7, 11) is 0. The Hall–Kier alpha value is -2.76. The SMILES string of the molecule is O=C(Nc1ccccn1)C1CCCN(C(=O)CCc2ccncc2)C1. The summed E-state index contributed by atoms with van der Waals surface area (Å²) in [6, 6.07) is 9.25. The van der Waals surface area contributed by atoms with E-state index in [0.29, 0.717) is 25.2 Å². The average Bonchev–Trinajstić information content (AvgIpc) is 2.68. The van der Waals surface area contributed by atoms with E-state index in [9.17, 15) is 9.59 Å². The highest BCUT2D eigenvalue weighted by Crippen LogP contribution is 2.19. The van der Waals surface area contributed by atoms with E-state index in [2.05, 4.69) is 15.3 Å². The van der Waals surface area contributed by atoms with Gasteiger partial charge in [-0.15, -0.1) is 0 Å². The maximum Gasteiger partial charge on any atom is 0.230 e. The quantitative estimate of drug-likeness (QED) is 0.907. The molecule has 1 saturated heterocycles. The average molecular weight is 338 g/mol. The molecule has 0 aromatic carbocycles. The van der Waals surface area contributed by atoms with Crippen LogP contribution >= 0.6 is 0 Å². The number of likely N-dealkylation sites (tertiary alicyclic amines) is 1. The third-order valence-corrected chi connectivity index (χ3v) is 4.44. The summed E-state index contributed by atoms with van der Waals surface area (Å²) in [5.41, 5.74) is 1.10. The molecule has 0 saturated carbocycles. The van der Waals surface area contributed by atoms with Crippen molar-refractivity contribution in [3.05, 3.63) is 54.5 Å². The van der Waals surface area contributed by atoms with Crippen LogP contribution in [0.15, 0.2) is 48.9 Å². The summed E-state index contributed by atoms with van der Waals surface area (Å²) in [6.45, 7) is 1.20. The molecule has 1 unspecified atom stereocenters. The minimum Gasteiger partial charge on any atom is -0.342 e. The van der Waals surface area contributed by atoms with Gasteiger partial charge in [0.15, 0.2) is 0 Å². The number of nitrogens with one attached hydrogen (secondary N) is 1. The number of rotatable bonds is 5. The molecular weight excluding hydrogens is 316 g/mol. The van der Waals surface area contributed by atoms with Crippen molar-refractivity contribution in [3.63, 3.8) is 0 Å². The monoisotopic (exact) mass is 338 g/mol. The molecule has 130 valence electrons. The Kier molecular flexibility index (Phi) is 5.72. The van der Waals surface area contributed by atoms with Crippen LogP contribution in [0, 0.1) is 5.92 Å². The van der Waals surface area contributed by atoms with Crippen molar-refractivity contribution in [1.82, 2.24) is 14.9 Å². The molecule has 1 N–H and O–H groups in total. The maximum atomic E-state index is 12.5. The van der Waals surface area contributed by atoms with E-state index in [1.807, 2.05) is 23.1 Å². The lowest BCUT2D eigenvalue weighted by molar-refractivity contribution is -0.134. The first-order valence-electron chi connectivity index (χ1n) is 8.61. The van der Waals surface area contributed by atoms with Crippen LogP contribution in [0.4, 0.5) is 5.82 Å². The molecule has 6 heteroatoms. The van der Waals surface area contributed by atoms with Gasteiger partial charge in [-0.3, -0.25) is 14.6 Å². The second-order valence-electron chi connectivity index (χ2n) is 6.24. The van der Waals surface area contributed by atoms with E-state index in [-0.39, 0.29) is 17.7 Å². The Morgan fingerprint density at radius 3 is 2.76 bits per heavy atom. The Balaban J connectivity index is 1.51. The molecule has 1 atom stereocenters. The number of amides is 2. The van der Waals surface area contributed by atoms with E-state index < -0.39 is 0 Å². The van der Waals surface area contributed by atoms with E-state index in [4.69, 9.17) is 0 Å². The van der Waals surface area contributed by atoms with Crippen LogP contribution < -0.4 is 5.32 Å². The van der Waals surface area contributed by atoms with Crippen LogP contribution in [-0.2, 0) is 16.0 Å². The van der Waals surface area contributed by atoms with Crippen LogP contribution in [0.3, 0.4) is 0 Å². The van der Waals surface area contributed by atoms with Crippen LogP contribution in [0.25, 0.3) is 0 Å². The van der Waals surface area contributed by atoms with Crippen molar-refractivity contribution in [1.29, 1.82) is 0 Å². The number of carbonyl (C=O) groups excluding carboxylic acids is 2. The summed E-state index contributed by atoms with van der Waals surface area (Å²) in [6.07, 6.45) is 7.91. The molecule has 0 aliphatic carbocycles. The number of hydrogen-bond acceptors (Lipinski definition) is 4. The zero-order valence-corrected chi connectivity index (χ0v) is 14.1. The molecule has 0 spiro atoms.